The second-order valence-electron chi connectivity index (χ2n) is 15.8. The van der Waals surface area contributed by atoms with Gasteiger partial charge in [0.1, 0.15) is 17.7 Å². The van der Waals surface area contributed by atoms with E-state index in [1.54, 1.807) is 0 Å². The number of aromatic nitrogens is 5. The minimum atomic E-state index is -0.281. The molecule has 0 saturated carbocycles. The molecule has 5 heterocycles. The van der Waals surface area contributed by atoms with E-state index in [4.69, 9.17) is 21.4 Å². The molecule has 5 aromatic rings. The molecule has 3 aromatic heterocycles. The van der Waals surface area contributed by atoms with Crippen LogP contribution in [0.25, 0.3) is 11.3 Å². The maximum atomic E-state index is 13.8. The van der Waals surface area contributed by atoms with E-state index in [1.807, 2.05) is 57.7 Å². The zero-order chi connectivity index (χ0) is 36.5. The van der Waals surface area contributed by atoms with E-state index in [1.165, 1.54) is 38.5 Å². The Labute approximate surface area is 316 Å². The van der Waals surface area contributed by atoms with E-state index in [9.17, 15) is 4.79 Å². The normalized spacial score (nSPS) is 19.6. The van der Waals surface area contributed by atoms with Gasteiger partial charge in [0, 0.05) is 36.1 Å². The van der Waals surface area contributed by atoms with Crippen molar-refractivity contribution in [3.05, 3.63) is 94.3 Å². The largest absolute Gasteiger partial charge is 0.484 e. The van der Waals surface area contributed by atoms with E-state index in [0.717, 1.165) is 96.0 Å². The summed E-state index contributed by atoms with van der Waals surface area (Å²) in [6.07, 6.45) is 10.6. The Morgan fingerprint density at radius 2 is 1.64 bits per heavy atom. The number of nitrogens with one attached hydrogen (secondary N) is 2. The first kappa shape index (κ1) is 35.4. The lowest BCUT2D eigenvalue weighted by Gasteiger charge is -2.32. The van der Waals surface area contributed by atoms with Crippen LogP contribution in [-0.2, 0) is 12.0 Å². The lowest BCUT2D eigenvalue weighted by molar-refractivity contribution is 0.171. The summed E-state index contributed by atoms with van der Waals surface area (Å²) in [7, 11) is 0. The van der Waals surface area contributed by atoms with Crippen molar-refractivity contribution in [3.8, 4) is 11.4 Å². The third-order valence-corrected chi connectivity index (χ3v) is 11.2. The molecule has 278 valence electrons. The second kappa shape index (κ2) is 15.0. The molecule has 11 nitrogen and oxygen atoms in total. The number of hydrogen-bond donors (Lipinski definition) is 2. The average molecular weight is 736 g/mol. The fraction of sp³-hybridized carbons (Fsp3) is 0.463. The predicted octanol–water partition coefficient (Wildman–Crippen LogP) is 8.62. The molecule has 1 aliphatic carbocycles. The molecule has 2 saturated heterocycles. The van der Waals surface area contributed by atoms with Crippen LogP contribution in [0.1, 0.15) is 107 Å². The van der Waals surface area contributed by atoms with Crippen molar-refractivity contribution in [1.82, 2.24) is 34.6 Å². The zero-order valence-corrected chi connectivity index (χ0v) is 31.8. The molecule has 2 aromatic carbocycles. The standard InChI is InChI=1S/C41H50ClN9O2/c1-41(2,3)36-25-38(51(47-36)29-14-16-33(42)28(24-29)26-48-20-8-4-9-21-48)44-39(52)43-34-17-18-35(32-13-7-6-12-31(32)34)53-30-15-19-37-45-46-40(50(37)27-30)49-22-10-5-11-23-49/h6-7,12-16,19,24-25,27,34-35H,4-5,8-11,17-18,20-23,26H2,1-3H3,(H2,43,44,52)/t34-,35+/m0/s1. The first-order valence-electron chi connectivity index (χ1n) is 19.2. The molecule has 2 N–H and O–H groups in total. The Hall–Kier alpha value is -4.61. The Morgan fingerprint density at radius 1 is 0.887 bits per heavy atom. The number of piperidine rings is 2. The van der Waals surface area contributed by atoms with Crippen molar-refractivity contribution in [2.24, 2.45) is 0 Å². The van der Waals surface area contributed by atoms with Gasteiger partial charge in [0.15, 0.2) is 5.65 Å². The van der Waals surface area contributed by atoms with Gasteiger partial charge in [-0.1, -0.05) is 63.1 Å². The number of urea groups is 1. The third-order valence-electron chi connectivity index (χ3n) is 10.9. The molecule has 53 heavy (non-hydrogen) atoms. The van der Waals surface area contributed by atoms with Gasteiger partial charge in [0.05, 0.1) is 23.6 Å². The van der Waals surface area contributed by atoms with Gasteiger partial charge in [-0.3, -0.25) is 14.6 Å². The van der Waals surface area contributed by atoms with Gasteiger partial charge in [-0.2, -0.15) is 5.10 Å². The van der Waals surface area contributed by atoms with Crippen LogP contribution in [0.2, 0.25) is 5.02 Å². The van der Waals surface area contributed by atoms with Crippen LogP contribution in [-0.4, -0.2) is 61.5 Å². The highest BCUT2D eigenvalue weighted by Gasteiger charge is 2.30. The molecule has 12 heteroatoms. The van der Waals surface area contributed by atoms with Crippen molar-refractivity contribution in [2.45, 2.75) is 96.2 Å². The number of pyridine rings is 1. The summed E-state index contributed by atoms with van der Waals surface area (Å²) in [6.45, 7) is 11.3. The van der Waals surface area contributed by atoms with Crippen LogP contribution < -0.4 is 20.3 Å². The average Bonchev–Trinajstić information content (AvgIpc) is 3.79. The van der Waals surface area contributed by atoms with Crippen molar-refractivity contribution in [1.29, 1.82) is 0 Å². The summed E-state index contributed by atoms with van der Waals surface area (Å²) in [4.78, 5) is 18.6. The second-order valence-corrected chi connectivity index (χ2v) is 16.2. The van der Waals surface area contributed by atoms with Crippen LogP contribution in [0, 0.1) is 0 Å². The number of anilines is 2. The molecular formula is C41H50ClN9O2. The number of hydrogen-bond acceptors (Lipinski definition) is 7. The fourth-order valence-corrected chi connectivity index (χ4v) is 8.12. The number of ether oxygens (including phenoxy) is 1. The highest BCUT2D eigenvalue weighted by atomic mass is 35.5. The maximum Gasteiger partial charge on any atom is 0.320 e. The summed E-state index contributed by atoms with van der Waals surface area (Å²) >= 11 is 6.71. The maximum absolute atomic E-state index is 13.8. The van der Waals surface area contributed by atoms with Crippen LogP contribution in [0.3, 0.4) is 0 Å². The molecule has 3 aliphatic rings. The summed E-state index contributed by atoms with van der Waals surface area (Å²) in [5.41, 5.74) is 5.54. The predicted molar refractivity (Wildman–Crippen MR) is 209 cm³/mol. The molecule has 0 radical (unpaired) electrons. The monoisotopic (exact) mass is 735 g/mol. The number of nitrogens with zero attached hydrogens (tertiary/aromatic N) is 7. The molecule has 2 atom stereocenters. The van der Waals surface area contributed by atoms with E-state index in [2.05, 4.69) is 69.6 Å². The fourth-order valence-electron chi connectivity index (χ4n) is 7.94. The molecule has 2 amide bonds. The first-order chi connectivity index (χ1) is 25.7. The first-order valence-corrected chi connectivity index (χ1v) is 19.6. The Balaban J connectivity index is 0.993. The van der Waals surface area contributed by atoms with Gasteiger partial charge in [0.2, 0.25) is 5.95 Å². The van der Waals surface area contributed by atoms with Crippen LogP contribution in [0.5, 0.6) is 5.75 Å². The van der Waals surface area contributed by atoms with Gasteiger partial charge >= 0.3 is 6.03 Å². The van der Waals surface area contributed by atoms with Gasteiger partial charge in [0.25, 0.3) is 0 Å². The summed E-state index contributed by atoms with van der Waals surface area (Å²) in [5.74, 6) is 2.25. The van der Waals surface area contributed by atoms with Gasteiger partial charge in [-0.25, -0.2) is 9.48 Å². The van der Waals surface area contributed by atoms with Crippen molar-refractivity contribution < 1.29 is 9.53 Å². The molecule has 8 rings (SSSR count). The Morgan fingerprint density at radius 3 is 2.42 bits per heavy atom. The SMILES string of the molecule is CC(C)(C)c1cc(NC(=O)N[C@H]2CC[C@@H](Oc3ccc4nnc(N5CCCCC5)n4c3)c3ccccc32)n(-c2ccc(Cl)c(CN3CCCCC3)c2)n1. The highest BCUT2D eigenvalue weighted by molar-refractivity contribution is 6.31. The number of benzene rings is 2. The number of amides is 2. The topological polar surface area (TPSA) is 105 Å². The van der Waals surface area contributed by atoms with Gasteiger partial charge in [-0.05, 0) is 105 Å². The molecule has 0 spiro atoms. The molecule has 2 fully saturated rings. The summed E-state index contributed by atoms with van der Waals surface area (Å²) < 4.78 is 10.5. The van der Waals surface area contributed by atoms with Crippen molar-refractivity contribution in [2.75, 3.05) is 36.4 Å². The summed E-state index contributed by atoms with van der Waals surface area (Å²) in [5, 5.41) is 21.1. The Bertz CT molecular complexity index is 2070. The van der Waals surface area contributed by atoms with Crippen LogP contribution in [0.4, 0.5) is 16.6 Å². The van der Waals surface area contributed by atoms with E-state index >= 15 is 0 Å². The highest BCUT2D eigenvalue weighted by Crippen LogP contribution is 2.39. The number of halogens is 1. The lowest BCUT2D eigenvalue weighted by atomic mass is 9.85. The van der Waals surface area contributed by atoms with Crippen molar-refractivity contribution in [3.63, 3.8) is 0 Å². The zero-order valence-electron chi connectivity index (χ0n) is 31.0. The molecular weight excluding hydrogens is 686 g/mol. The number of fused-ring (bicyclic) bond motifs is 2. The minimum absolute atomic E-state index is 0.153. The lowest BCUT2D eigenvalue weighted by Crippen LogP contribution is -2.36. The molecule has 0 bridgehead atoms. The van der Waals surface area contributed by atoms with Crippen molar-refractivity contribution >= 4 is 35.0 Å². The summed E-state index contributed by atoms with van der Waals surface area (Å²) in [6, 6.07) is 19.7. The van der Waals surface area contributed by atoms with E-state index < -0.39 is 0 Å². The van der Waals surface area contributed by atoms with Gasteiger partial charge in [-0.15, -0.1) is 10.2 Å². The number of rotatable bonds is 8. The number of carbonyl (C=O) groups excluding carboxylic acids is 1. The minimum Gasteiger partial charge on any atom is -0.484 e. The Kier molecular flexibility index (Phi) is 10.0. The number of carbonyl (C=O) groups is 1. The third kappa shape index (κ3) is 7.73. The smallest absolute Gasteiger partial charge is 0.320 e. The van der Waals surface area contributed by atoms with Crippen LogP contribution >= 0.6 is 11.6 Å². The molecule has 2 aliphatic heterocycles. The van der Waals surface area contributed by atoms with Gasteiger partial charge < -0.3 is 15.0 Å². The quantitative estimate of drug-likeness (QED) is 0.164. The van der Waals surface area contributed by atoms with E-state index in [-0.39, 0.29) is 23.6 Å². The number of likely N-dealkylation sites (tertiary alicyclic amines) is 1. The van der Waals surface area contributed by atoms with Crippen LogP contribution in [0.15, 0.2) is 66.9 Å². The molecule has 0 unspecified atom stereocenters. The van der Waals surface area contributed by atoms with E-state index in [0.29, 0.717) is 5.82 Å².